The molecule has 1 aliphatic heterocycles. The summed E-state index contributed by atoms with van der Waals surface area (Å²) in [5, 5.41) is 10.6. The van der Waals surface area contributed by atoms with Gasteiger partial charge in [-0.05, 0) is 48.1 Å². The average molecular weight is 357 g/mol. The number of benzene rings is 1. The summed E-state index contributed by atoms with van der Waals surface area (Å²) in [6, 6.07) is 6.27. The fraction of sp³-hybridized carbons (Fsp3) is 0.524. The molecular formula is C21H32N4O. The van der Waals surface area contributed by atoms with E-state index in [2.05, 4.69) is 61.2 Å². The summed E-state index contributed by atoms with van der Waals surface area (Å²) in [7, 11) is 2.13. The van der Waals surface area contributed by atoms with Crippen molar-refractivity contribution >= 4 is 17.7 Å². The van der Waals surface area contributed by atoms with E-state index in [9.17, 15) is 0 Å². The average Bonchev–Trinajstić information content (AvgIpc) is 3.09. The minimum Gasteiger partial charge on any atom is -0.486 e. The van der Waals surface area contributed by atoms with Gasteiger partial charge in [-0.25, -0.2) is 0 Å². The summed E-state index contributed by atoms with van der Waals surface area (Å²) in [5.41, 5.74) is 3.59. The van der Waals surface area contributed by atoms with Crippen molar-refractivity contribution in [3.8, 4) is 5.75 Å². The number of nitrogens with one attached hydrogen (secondary N) is 2. The Hall–Kier alpha value is -2.30. The monoisotopic (exact) mass is 356 g/mol. The van der Waals surface area contributed by atoms with Crippen LogP contribution < -0.4 is 15.0 Å². The molecule has 0 aliphatic carbocycles. The Labute approximate surface area is 157 Å². The first-order valence-electron chi connectivity index (χ1n) is 9.20. The lowest BCUT2D eigenvalue weighted by molar-refractivity contribution is 0.373. The van der Waals surface area contributed by atoms with Crippen molar-refractivity contribution in [3.05, 3.63) is 35.4 Å². The first kappa shape index (κ1) is 20.0. The van der Waals surface area contributed by atoms with Gasteiger partial charge in [0, 0.05) is 32.0 Å². The lowest BCUT2D eigenvalue weighted by Crippen LogP contribution is -2.29. The van der Waals surface area contributed by atoms with Gasteiger partial charge in [0.25, 0.3) is 0 Å². The van der Waals surface area contributed by atoms with Crippen LogP contribution in [0.25, 0.3) is 0 Å². The second kappa shape index (κ2) is 8.88. The molecule has 0 spiro atoms. The molecule has 0 radical (unpaired) electrons. The SMILES string of the molecule is C/C(C=N)=C\Cc1cc(OCC2=NCCN2)ccc1N(C)CC(C)(C)C. The van der Waals surface area contributed by atoms with Gasteiger partial charge >= 0.3 is 0 Å². The fourth-order valence-corrected chi connectivity index (χ4v) is 3.01. The topological polar surface area (TPSA) is 60.7 Å². The normalized spacial score (nSPS) is 14.7. The van der Waals surface area contributed by atoms with Crippen LogP contribution in [-0.2, 0) is 6.42 Å². The van der Waals surface area contributed by atoms with Crippen molar-refractivity contribution in [2.24, 2.45) is 10.4 Å². The van der Waals surface area contributed by atoms with E-state index in [0.717, 1.165) is 43.2 Å². The third kappa shape index (κ3) is 6.21. The molecule has 142 valence electrons. The minimum absolute atomic E-state index is 0.216. The maximum Gasteiger partial charge on any atom is 0.145 e. The molecule has 1 aromatic carbocycles. The minimum atomic E-state index is 0.216. The van der Waals surface area contributed by atoms with Gasteiger partial charge in [-0.15, -0.1) is 0 Å². The quantitative estimate of drug-likeness (QED) is 0.699. The highest BCUT2D eigenvalue weighted by atomic mass is 16.5. The predicted molar refractivity (Wildman–Crippen MR) is 111 cm³/mol. The highest BCUT2D eigenvalue weighted by Crippen LogP contribution is 2.28. The molecule has 5 nitrogen and oxygen atoms in total. The van der Waals surface area contributed by atoms with Crippen molar-refractivity contribution in [1.29, 1.82) is 5.41 Å². The zero-order valence-electron chi connectivity index (χ0n) is 16.7. The fourth-order valence-electron chi connectivity index (χ4n) is 3.01. The summed E-state index contributed by atoms with van der Waals surface area (Å²) in [6.07, 6.45) is 4.26. The van der Waals surface area contributed by atoms with Gasteiger partial charge < -0.3 is 20.4 Å². The number of allylic oxidation sites excluding steroid dienone is 2. The van der Waals surface area contributed by atoms with Crippen LogP contribution in [0, 0.1) is 10.8 Å². The molecule has 0 unspecified atom stereocenters. The first-order chi connectivity index (χ1) is 12.3. The van der Waals surface area contributed by atoms with Gasteiger partial charge in [-0.2, -0.15) is 0 Å². The van der Waals surface area contributed by atoms with Crippen molar-refractivity contribution in [3.63, 3.8) is 0 Å². The lowest BCUT2D eigenvalue weighted by atomic mass is 9.95. The predicted octanol–water partition coefficient (Wildman–Crippen LogP) is 3.69. The zero-order chi connectivity index (χ0) is 19.2. The Kier molecular flexibility index (Phi) is 6.83. The van der Waals surface area contributed by atoms with Crippen LogP contribution >= 0.6 is 0 Å². The molecule has 2 N–H and O–H groups in total. The van der Waals surface area contributed by atoms with Crippen molar-refractivity contribution in [2.45, 2.75) is 34.1 Å². The van der Waals surface area contributed by atoms with E-state index in [4.69, 9.17) is 10.1 Å². The molecule has 0 amide bonds. The van der Waals surface area contributed by atoms with Crippen LogP contribution in [0.1, 0.15) is 33.3 Å². The highest BCUT2D eigenvalue weighted by molar-refractivity contribution is 5.85. The molecule has 0 fully saturated rings. The number of ether oxygens (including phenoxy) is 1. The van der Waals surface area contributed by atoms with Gasteiger partial charge in [0.05, 0.1) is 6.54 Å². The number of rotatable bonds is 8. The molecule has 1 aliphatic rings. The van der Waals surface area contributed by atoms with Gasteiger partial charge in [0.1, 0.15) is 18.2 Å². The summed E-state index contributed by atoms with van der Waals surface area (Å²) in [4.78, 5) is 6.67. The van der Waals surface area contributed by atoms with Gasteiger partial charge in [0.15, 0.2) is 0 Å². The van der Waals surface area contributed by atoms with Gasteiger partial charge in [-0.1, -0.05) is 26.8 Å². The van der Waals surface area contributed by atoms with Crippen molar-refractivity contribution in [1.82, 2.24) is 5.32 Å². The van der Waals surface area contributed by atoms with E-state index in [1.807, 2.05) is 13.0 Å². The van der Waals surface area contributed by atoms with E-state index < -0.39 is 0 Å². The van der Waals surface area contributed by atoms with Crippen LogP contribution in [0.3, 0.4) is 0 Å². The third-order valence-corrected chi connectivity index (χ3v) is 4.16. The van der Waals surface area contributed by atoms with E-state index in [-0.39, 0.29) is 5.41 Å². The molecule has 0 saturated carbocycles. The van der Waals surface area contributed by atoms with E-state index in [1.165, 1.54) is 17.5 Å². The number of aliphatic imine (C=N–C) groups is 1. The number of nitrogens with zero attached hydrogens (tertiary/aromatic N) is 2. The molecule has 26 heavy (non-hydrogen) atoms. The van der Waals surface area contributed by atoms with E-state index >= 15 is 0 Å². The second-order valence-corrected chi connectivity index (χ2v) is 8.05. The Morgan fingerprint density at radius 1 is 1.38 bits per heavy atom. The standard InChI is InChI=1S/C21H32N4O/c1-16(13-22)6-7-17-12-18(26-14-20-23-10-11-24-20)8-9-19(17)25(5)15-21(2,3)4/h6,8-9,12-13,22H,7,10-11,14-15H2,1-5H3,(H,23,24)/b16-6+,22-13?. The van der Waals surface area contributed by atoms with E-state index in [1.54, 1.807) is 0 Å². The van der Waals surface area contributed by atoms with Crippen molar-refractivity contribution < 1.29 is 4.74 Å². The molecule has 0 atom stereocenters. The summed E-state index contributed by atoms with van der Waals surface area (Å²) in [6.45, 7) is 11.9. The molecule has 1 aromatic rings. The lowest BCUT2D eigenvalue weighted by Gasteiger charge is -2.30. The number of hydrogen-bond donors (Lipinski definition) is 2. The van der Waals surface area contributed by atoms with Gasteiger partial charge in [0.2, 0.25) is 0 Å². The highest BCUT2D eigenvalue weighted by Gasteiger charge is 2.16. The smallest absolute Gasteiger partial charge is 0.145 e. The maximum absolute atomic E-state index is 7.39. The largest absolute Gasteiger partial charge is 0.486 e. The Morgan fingerprint density at radius 3 is 2.77 bits per heavy atom. The molecule has 0 saturated heterocycles. The number of amidine groups is 1. The molecule has 0 aromatic heterocycles. The second-order valence-electron chi connectivity index (χ2n) is 8.05. The summed E-state index contributed by atoms with van der Waals surface area (Å²) in [5.74, 6) is 1.77. The molecular weight excluding hydrogens is 324 g/mol. The summed E-state index contributed by atoms with van der Waals surface area (Å²) < 4.78 is 5.92. The van der Waals surface area contributed by atoms with Crippen LogP contribution in [0.2, 0.25) is 0 Å². The zero-order valence-corrected chi connectivity index (χ0v) is 16.7. The Balaban J connectivity index is 2.20. The van der Waals surface area contributed by atoms with Crippen LogP contribution in [0.5, 0.6) is 5.75 Å². The molecule has 2 rings (SSSR count). The van der Waals surface area contributed by atoms with Crippen molar-refractivity contribution in [2.75, 3.05) is 38.2 Å². The number of hydrogen-bond acceptors (Lipinski definition) is 5. The first-order valence-corrected chi connectivity index (χ1v) is 9.20. The van der Waals surface area contributed by atoms with Gasteiger partial charge in [-0.3, -0.25) is 4.99 Å². The summed E-state index contributed by atoms with van der Waals surface area (Å²) >= 11 is 0. The Morgan fingerprint density at radius 2 is 2.15 bits per heavy atom. The van der Waals surface area contributed by atoms with Crippen LogP contribution in [0.4, 0.5) is 5.69 Å². The Bertz CT molecular complexity index is 686. The maximum atomic E-state index is 7.39. The molecule has 5 heteroatoms. The van der Waals surface area contributed by atoms with Crippen LogP contribution in [-0.4, -0.2) is 45.3 Å². The number of anilines is 1. The van der Waals surface area contributed by atoms with Crippen LogP contribution in [0.15, 0.2) is 34.8 Å². The molecule has 1 heterocycles. The molecule has 0 bridgehead atoms. The van der Waals surface area contributed by atoms with E-state index in [0.29, 0.717) is 6.61 Å². The third-order valence-electron chi connectivity index (χ3n) is 4.16.